The molecule has 18 heavy (non-hydrogen) atoms. The fourth-order valence-corrected chi connectivity index (χ4v) is 1.48. The number of benzene rings is 1. The molecule has 2 aromatic rings. The number of aryl methyl sites for hydroxylation is 1. The van der Waals surface area contributed by atoms with Crippen molar-refractivity contribution in [2.75, 3.05) is 5.32 Å². The molecule has 0 radical (unpaired) electrons. The van der Waals surface area contributed by atoms with Crippen molar-refractivity contribution in [3.8, 4) is 0 Å². The largest absolute Gasteiger partial charge is 0.475 e. The van der Waals surface area contributed by atoms with E-state index < -0.39 is 5.97 Å². The first kappa shape index (κ1) is 12.2. The molecule has 0 saturated carbocycles. The number of carboxylic acids is 1. The Morgan fingerprint density at radius 1 is 1.39 bits per heavy atom. The normalized spacial score (nSPS) is 10.3. The number of furan rings is 1. The summed E-state index contributed by atoms with van der Waals surface area (Å²) in [5, 5.41) is 11.6. The highest BCUT2D eigenvalue weighted by Gasteiger charge is 2.08. The van der Waals surface area contributed by atoms with Crippen LogP contribution in [0.25, 0.3) is 0 Å². The molecule has 1 aromatic carbocycles. The van der Waals surface area contributed by atoms with Crippen LogP contribution in [0.3, 0.4) is 0 Å². The number of carboxylic acid groups (broad SMARTS) is 1. The third-order valence-corrected chi connectivity index (χ3v) is 2.51. The van der Waals surface area contributed by atoms with E-state index in [4.69, 9.17) is 9.52 Å². The van der Waals surface area contributed by atoms with Gasteiger partial charge in [-0.25, -0.2) is 9.18 Å². The molecule has 1 heterocycles. The van der Waals surface area contributed by atoms with Gasteiger partial charge in [-0.05, 0) is 36.8 Å². The molecule has 0 amide bonds. The molecule has 2 N–H and O–H groups in total. The highest BCUT2D eigenvalue weighted by Crippen LogP contribution is 2.15. The number of rotatable bonds is 4. The summed E-state index contributed by atoms with van der Waals surface area (Å²) < 4.78 is 18.3. The van der Waals surface area contributed by atoms with Crippen molar-refractivity contribution in [3.05, 3.63) is 53.2 Å². The van der Waals surface area contributed by atoms with Gasteiger partial charge in [-0.1, -0.05) is 6.07 Å². The van der Waals surface area contributed by atoms with Gasteiger partial charge < -0.3 is 14.8 Å². The van der Waals surface area contributed by atoms with Gasteiger partial charge >= 0.3 is 5.97 Å². The van der Waals surface area contributed by atoms with Crippen LogP contribution >= 0.6 is 0 Å². The maximum absolute atomic E-state index is 13.3. The lowest BCUT2D eigenvalue weighted by atomic mass is 10.2. The fourth-order valence-electron chi connectivity index (χ4n) is 1.48. The number of hydrogen-bond donors (Lipinski definition) is 2. The predicted octanol–water partition coefficient (Wildman–Crippen LogP) is 3.04. The summed E-state index contributed by atoms with van der Waals surface area (Å²) in [7, 11) is 0. The zero-order valence-corrected chi connectivity index (χ0v) is 9.74. The summed E-state index contributed by atoms with van der Waals surface area (Å²) in [5.41, 5.74) is 1.19. The van der Waals surface area contributed by atoms with Gasteiger partial charge in [-0.15, -0.1) is 0 Å². The smallest absolute Gasteiger partial charge is 0.371 e. The molecule has 1 aromatic heterocycles. The van der Waals surface area contributed by atoms with Crippen molar-refractivity contribution in [3.63, 3.8) is 0 Å². The van der Waals surface area contributed by atoms with E-state index in [1.165, 1.54) is 12.1 Å². The van der Waals surface area contributed by atoms with Crippen molar-refractivity contribution in [1.82, 2.24) is 0 Å². The second kappa shape index (κ2) is 4.91. The summed E-state index contributed by atoms with van der Waals surface area (Å²) in [6, 6.07) is 7.76. The predicted molar refractivity (Wildman–Crippen MR) is 64.1 cm³/mol. The number of aromatic carboxylic acids is 1. The van der Waals surface area contributed by atoms with Gasteiger partial charge in [0.25, 0.3) is 0 Å². The Hall–Kier alpha value is -2.30. The van der Waals surface area contributed by atoms with Gasteiger partial charge in [0.05, 0.1) is 6.54 Å². The van der Waals surface area contributed by atoms with Crippen LogP contribution in [0.1, 0.15) is 21.9 Å². The Morgan fingerprint density at radius 3 is 2.78 bits per heavy atom. The zero-order chi connectivity index (χ0) is 13.1. The molecule has 0 atom stereocenters. The van der Waals surface area contributed by atoms with Crippen LogP contribution in [0.4, 0.5) is 10.1 Å². The molecule has 0 spiro atoms. The van der Waals surface area contributed by atoms with Crippen molar-refractivity contribution in [2.24, 2.45) is 0 Å². The molecule has 0 aliphatic rings. The lowest BCUT2D eigenvalue weighted by molar-refractivity contribution is 0.0660. The van der Waals surface area contributed by atoms with E-state index in [1.54, 1.807) is 25.1 Å². The third-order valence-electron chi connectivity index (χ3n) is 2.51. The highest BCUT2D eigenvalue weighted by atomic mass is 19.1. The minimum atomic E-state index is -1.11. The Morgan fingerprint density at radius 2 is 2.17 bits per heavy atom. The van der Waals surface area contributed by atoms with E-state index in [1.807, 2.05) is 0 Å². The van der Waals surface area contributed by atoms with Crippen molar-refractivity contribution in [1.29, 1.82) is 0 Å². The quantitative estimate of drug-likeness (QED) is 0.874. The van der Waals surface area contributed by atoms with E-state index in [-0.39, 0.29) is 11.6 Å². The minimum Gasteiger partial charge on any atom is -0.475 e. The van der Waals surface area contributed by atoms with E-state index >= 15 is 0 Å². The molecule has 2 rings (SSSR count). The minimum absolute atomic E-state index is 0.109. The average Bonchev–Trinajstić information content (AvgIpc) is 2.79. The molecule has 4 nitrogen and oxygen atoms in total. The topological polar surface area (TPSA) is 62.5 Å². The number of hydrogen-bond acceptors (Lipinski definition) is 3. The third kappa shape index (κ3) is 2.68. The van der Waals surface area contributed by atoms with Crippen LogP contribution in [0.5, 0.6) is 0 Å². The molecular formula is C13H12FNO3. The fraction of sp³-hybridized carbons (Fsp3) is 0.154. The second-order valence-corrected chi connectivity index (χ2v) is 3.89. The maximum Gasteiger partial charge on any atom is 0.371 e. The molecule has 0 bridgehead atoms. The van der Waals surface area contributed by atoms with Crippen molar-refractivity contribution < 1.29 is 18.7 Å². The zero-order valence-electron chi connectivity index (χ0n) is 9.74. The Labute approximate surface area is 103 Å². The molecule has 5 heteroatoms. The Balaban J connectivity index is 2.02. The van der Waals surface area contributed by atoms with Crippen LogP contribution in [-0.4, -0.2) is 11.1 Å². The van der Waals surface area contributed by atoms with Crippen molar-refractivity contribution >= 4 is 11.7 Å². The molecule has 0 fully saturated rings. The summed E-state index contributed by atoms with van der Waals surface area (Å²) in [5.74, 6) is -1.02. The van der Waals surface area contributed by atoms with E-state index in [0.717, 1.165) is 0 Å². The van der Waals surface area contributed by atoms with E-state index in [0.29, 0.717) is 23.6 Å². The maximum atomic E-state index is 13.3. The van der Waals surface area contributed by atoms with Gasteiger partial charge in [0.15, 0.2) is 0 Å². The van der Waals surface area contributed by atoms with E-state index in [2.05, 4.69) is 5.32 Å². The summed E-state index contributed by atoms with van der Waals surface area (Å²) in [4.78, 5) is 10.6. The molecule has 94 valence electrons. The highest BCUT2D eigenvalue weighted by molar-refractivity contribution is 5.84. The van der Waals surface area contributed by atoms with Gasteiger partial charge in [0.1, 0.15) is 11.6 Å². The standard InChI is InChI=1S/C13H12FNO3/c1-8-2-3-9(6-11(8)14)15-7-10-4-5-12(18-10)13(16)17/h2-6,15H,7H2,1H3,(H,16,17). The Kier molecular flexibility index (Phi) is 3.32. The first-order valence-electron chi connectivity index (χ1n) is 5.38. The van der Waals surface area contributed by atoms with Crippen LogP contribution in [0.2, 0.25) is 0 Å². The molecule has 0 saturated heterocycles. The first-order valence-corrected chi connectivity index (χ1v) is 5.38. The number of nitrogens with one attached hydrogen (secondary N) is 1. The second-order valence-electron chi connectivity index (χ2n) is 3.89. The SMILES string of the molecule is Cc1ccc(NCc2ccc(C(=O)O)o2)cc1F. The number of anilines is 1. The summed E-state index contributed by atoms with van der Waals surface area (Å²) >= 11 is 0. The number of carbonyl (C=O) groups is 1. The molecule has 0 unspecified atom stereocenters. The molecule has 0 aliphatic heterocycles. The lowest BCUT2D eigenvalue weighted by Crippen LogP contribution is -1.99. The number of halogens is 1. The van der Waals surface area contributed by atoms with Crippen molar-refractivity contribution in [2.45, 2.75) is 13.5 Å². The van der Waals surface area contributed by atoms with Gasteiger partial charge in [-0.2, -0.15) is 0 Å². The van der Waals surface area contributed by atoms with Crippen LogP contribution in [-0.2, 0) is 6.54 Å². The average molecular weight is 249 g/mol. The van der Waals surface area contributed by atoms with Crippen LogP contribution < -0.4 is 5.32 Å². The summed E-state index contributed by atoms with van der Waals surface area (Å²) in [6.07, 6.45) is 0. The molecular weight excluding hydrogens is 237 g/mol. The Bertz CT molecular complexity index is 577. The van der Waals surface area contributed by atoms with Gasteiger partial charge in [0.2, 0.25) is 5.76 Å². The van der Waals surface area contributed by atoms with Gasteiger partial charge in [-0.3, -0.25) is 0 Å². The molecule has 0 aliphatic carbocycles. The lowest BCUT2D eigenvalue weighted by Gasteiger charge is -2.05. The van der Waals surface area contributed by atoms with Crippen LogP contribution in [0.15, 0.2) is 34.7 Å². The first-order chi connectivity index (χ1) is 8.56. The van der Waals surface area contributed by atoms with Gasteiger partial charge in [0, 0.05) is 5.69 Å². The summed E-state index contributed by atoms with van der Waals surface area (Å²) in [6.45, 7) is 1.99. The van der Waals surface area contributed by atoms with E-state index in [9.17, 15) is 9.18 Å². The monoisotopic (exact) mass is 249 g/mol. The van der Waals surface area contributed by atoms with Crippen LogP contribution in [0, 0.1) is 12.7 Å².